The summed E-state index contributed by atoms with van der Waals surface area (Å²) in [6.07, 6.45) is 9.06. The van der Waals surface area contributed by atoms with E-state index in [1.54, 1.807) is 24.2 Å². The first-order valence-electron chi connectivity index (χ1n) is 7.07. The van der Waals surface area contributed by atoms with Gasteiger partial charge in [0.15, 0.2) is 5.16 Å². The Kier molecular flexibility index (Phi) is 5.60. The van der Waals surface area contributed by atoms with Gasteiger partial charge < -0.3 is 10.4 Å². The summed E-state index contributed by atoms with van der Waals surface area (Å²) in [5.41, 5.74) is -0.0965. The third-order valence-electron chi connectivity index (χ3n) is 3.67. The van der Waals surface area contributed by atoms with Crippen LogP contribution in [0.15, 0.2) is 23.6 Å². The zero-order valence-electron chi connectivity index (χ0n) is 11.5. The molecule has 1 heterocycles. The van der Waals surface area contributed by atoms with Crippen LogP contribution in [0.25, 0.3) is 0 Å². The number of hydrogen-bond donors (Lipinski definition) is 2. The molecule has 1 aromatic rings. The lowest BCUT2D eigenvalue weighted by atomic mass is 9.82. The van der Waals surface area contributed by atoms with Crippen molar-refractivity contribution in [1.82, 2.24) is 15.3 Å². The van der Waals surface area contributed by atoms with Gasteiger partial charge in [0.1, 0.15) is 0 Å². The summed E-state index contributed by atoms with van der Waals surface area (Å²) < 4.78 is 0. The van der Waals surface area contributed by atoms with Crippen LogP contribution in [0.1, 0.15) is 39.0 Å². The Balaban J connectivity index is 1.95. The maximum absolute atomic E-state index is 9.75. The van der Waals surface area contributed by atoms with Crippen molar-refractivity contribution in [2.24, 2.45) is 0 Å². The normalized spacial score (nSPS) is 27.4. The molecule has 0 amide bonds. The summed E-state index contributed by atoms with van der Waals surface area (Å²) in [4.78, 5) is 8.56. The van der Waals surface area contributed by atoms with Crippen LogP contribution in [0, 0.1) is 0 Å². The standard InChI is InChI=1S/C14H23N3OS/c1-2-7-17-14(11-18)6-3-5-12(10-14)19-13-15-8-4-9-16-13/h4,8-9,12,17-18H,2-3,5-7,10-11H2,1H3. The molecule has 106 valence electrons. The highest BCUT2D eigenvalue weighted by atomic mass is 32.2. The predicted molar refractivity (Wildman–Crippen MR) is 78.3 cm³/mol. The molecule has 0 spiro atoms. The molecule has 0 aromatic carbocycles. The molecule has 0 bridgehead atoms. The van der Waals surface area contributed by atoms with Crippen molar-refractivity contribution < 1.29 is 5.11 Å². The highest BCUT2D eigenvalue weighted by Gasteiger charge is 2.35. The van der Waals surface area contributed by atoms with Crippen LogP contribution in [0.2, 0.25) is 0 Å². The van der Waals surface area contributed by atoms with Crippen molar-refractivity contribution in [3.8, 4) is 0 Å². The molecule has 4 nitrogen and oxygen atoms in total. The minimum Gasteiger partial charge on any atom is -0.394 e. The van der Waals surface area contributed by atoms with Gasteiger partial charge in [0.05, 0.1) is 6.61 Å². The van der Waals surface area contributed by atoms with E-state index >= 15 is 0 Å². The maximum Gasteiger partial charge on any atom is 0.187 e. The zero-order chi connectivity index (χ0) is 13.6. The van der Waals surface area contributed by atoms with Crippen LogP contribution >= 0.6 is 11.8 Å². The Morgan fingerprint density at radius 1 is 1.47 bits per heavy atom. The van der Waals surface area contributed by atoms with Gasteiger partial charge >= 0.3 is 0 Å². The smallest absolute Gasteiger partial charge is 0.187 e. The summed E-state index contributed by atoms with van der Waals surface area (Å²) >= 11 is 1.74. The Labute approximate surface area is 119 Å². The number of aliphatic hydroxyl groups excluding tert-OH is 1. The molecular formula is C14H23N3OS. The number of aromatic nitrogens is 2. The third kappa shape index (κ3) is 4.16. The van der Waals surface area contributed by atoms with Gasteiger partial charge in [0.25, 0.3) is 0 Å². The molecule has 19 heavy (non-hydrogen) atoms. The summed E-state index contributed by atoms with van der Waals surface area (Å²) in [6, 6.07) is 1.84. The van der Waals surface area contributed by atoms with Gasteiger partial charge in [0, 0.05) is 23.2 Å². The fourth-order valence-corrected chi connectivity index (χ4v) is 3.88. The second kappa shape index (κ2) is 7.22. The molecule has 1 aliphatic carbocycles. The van der Waals surface area contributed by atoms with E-state index in [4.69, 9.17) is 0 Å². The van der Waals surface area contributed by atoms with Crippen molar-refractivity contribution >= 4 is 11.8 Å². The summed E-state index contributed by atoms with van der Waals surface area (Å²) in [7, 11) is 0. The second-order valence-corrected chi connectivity index (χ2v) is 6.50. The van der Waals surface area contributed by atoms with Crippen molar-refractivity contribution in [3.63, 3.8) is 0 Å². The highest BCUT2D eigenvalue weighted by molar-refractivity contribution is 7.99. The maximum atomic E-state index is 9.75. The number of aliphatic hydroxyl groups is 1. The topological polar surface area (TPSA) is 58.0 Å². The molecule has 1 saturated carbocycles. The van der Waals surface area contributed by atoms with Crippen molar-refractivity contribution in [2.45, 2.75) is 55.0 Å². The van der Waals surface area contributed by atoms with Crippen LogP contribution in [-0.4, -0.2) is 39.0 Å². The Morgan fingerprint density at radius 2 is 2.26 bits per heavy atom. The van der Waals surface area contributed by atoms with E-state index in [9.17, 15) is 5.11 Å². The quantitative estimate of drug-likeness (QED) is 0.783. The van der Waals surface area contributed by atoms with E-state index in [2.05, 4.69) is 22.2 Å². The summed E-state index contributed by atoms with van der Waals surface area (Å²) in [6.45, 7) is 3.35. The molecule has 1 aliphatic rings. The summed E-state index contributed by atoms with van der Waals surface area (Å²) in [5, 5.41) is 14.6. The van der Waals surface area contributed by atoms with Gasteiger partial charge in [-0.15, -0.1) is 0 Å². The van der Waals surface area contributed by atoms with E-state index in [1.807, 2.05) is 6.07 Å². The Bertz CT molecular complexity index is 376. The van der Waals surface area contributed by atoms with E-state index in [-0.39, 0.29) is 12.1 Å². The van der Waals surface area contributed by atoms with Gasteiger partial charge in [-0.05, 0) is 38.3 Å². The van der Waals surface area contributed by atoms with Crippen LogP contribution in [0.4, 0.5) is 0 Å². The minimum absolute atomic E-state index is 0.0965. The van der Waals surface area contributed by atoms with E-state index in [0.29, 0.717) is 5.25 Å². The van der Waals surface area contributed by atoms with Crippen molar-refractivity contribution in [3.05, 3.63) is 18.5 Å². The molecule has 2 atom stereocenters. The van der Waals surface area contributed by atoms with Crippen LogP contribution in [0.3, 0.4) is 0 Å². The molecule has 0 radical (unpaired) electrons. The Morgan fingerprint density at radius 3 is 2.95 bits per heavy atom. The first-order chi connectivity index (χ1) is 9.28. The lowest BCUT2D eigenvalue weighted by Crippen LogP contribution is -2.52. The fraction of sp³-hybridized carbons (Fsp3) is 0.714. The molecule has 2 unspecified atom stereocenters. The van der Waals surface area contributed by atoms with Gasteiger partial charge in [-0.2, -0.15) is 0 Å². The molecular weight excluding hydrogens is 258 g/mol. The largest absolute Gasteiger partial charge is 0.394 e. The lowest BCUT2D eigenvalue weighted by molar-refractivity contribution is 0.124. The number of hydrogen-bond acceptors (Lipinski definition) is 5. The molecule has 2 rings (SSSR count). The van der Waals surface area contributed by atoms with Gasteiger partial charge in [-0.3, -0.25) is 0 Å². The van der Waals surface area contributed by atoms with Gasteiger partial charge in [-0.25, -0.2) is 9.97 Å². The van der Waals surface area contributed by atoms with Crippen LogP contribution in [0.5, 0.6) is 0 Å². The van der Waals surface area contributed by atoms with Crippen LogP contribution in [-0.2, 0) is 0 Å². The SMILES string of the molecule is CCCNC1(CO)CCCC(Sc2ncccn2)C1. The first-order valence-corrected chi connectivity index (χ1v) is 7.95. The van der Waals surface area contributed by atoms with E-state index in [1.165, 1.54) is 6.42 Å². The summed E-state index contributed by atoms with van der Waals surface area (Å²) in [5.74, 6) is 0. The second-order valence-electron chi connectivity index (χ2n) is 5.23. The Hall–Kier alpha value is -0.650. The number of thioether (sulfide) groups is 1. The zero-order valence-corrected chi connectivity index (χ0v) is 12.3. The molecule has 5 heteroatoms. The average molecular weight is 281 g/mol. The van der Waals surface area contributed by atoms with Gasteiger partial charge in [-0.1, -0.05) is 25.1 Å². The van der Waals surface area contributed by atoms with Crippen molar-refractivity contribution in [1.29, 1.82) is 0 Å². The number of rotatable bonds is 6. The molecule has 1 aromatic heterocycles. The predicted octanol–water partition coefficient (Wildman–Crippen LogP) is 2.24. The van der Waals surface area contributed by atoms with E-state index < -0.39 is 0 Å². The fourth-order valence-electron chi connectivity index (χ4n) is 2.65. The molecule has 1 fully saturated rings. The number of nitrogens with zero attached hydrogens (tertiary/aromatic N) is 2. The minimum atomic E-state index is -0.0965. The molecule has 0 saturated heterocycles. The van der Waals surface area contributed by atoms with Crippen molar-refractivity contribution in [2.75, 3.05) is 13.2 Å². The molecule has 2 N–H and O–H groups in total. The van der Waals surface area contributed by atoms with Crippen LogP contribution < -0.4 is 5.32 Å². The molecule has 0 aliphatic heterocycles. The van der Waals surface area contributed by atoms with Gasteiger partial charge in [0.2, 0.25) is 0 Å². The first kappa shape index (κ1) is 14.8. The lowest BCUT2D eigenvalue weighted by Gasteiger charge is -2.40. The highest BCUT2D eigenvalue weighted by Crippen LogP contribution is 2.36. The van der Waals surface area contributed by atoms with E-state index in [0.717, 1.165) is 37.4 Å². The third-order valence-corrected chi connectivity index (χ3v) is 4.82. The average Bonchev–Trinajstić information content (AvgIpc) is 2.46. The number of nitrogens with one attached hydrogen (secondary N) is 1. The monoisotopic (exact) mass is 281 g/mol.